The smallest absolute Gasteiger partial charge is 0.169 e. The summed E-state index contributed by atoms with van der Waals surface area (Å²) in [6.45, 7) is 3.25. The lowest BCUT2D eigenvalue weighted by Crippen LogP contribution is -1.96. The van der Waals surface area contributed by atoms with Crippen LogP contribution >= 0.6 is 0 Å². The second-order valence-electron chi connectivity index (χ2n) is 4.86. The molecule has 2 aromatic carbocycles. The molecule has 0 radical (unpaired) electrons. The molecule has 0 amide bonds. The Hall–Kier alpha value is -2.62. The minimum atomic E-state index is 0.778. The van der Waals surface area contributed by atoms with Crippen molar-refractivity contribution in [3.63, 3.8) is 0 Å². The van der Waals surface area contributed by atoms with Gasteiger partial charge >= 0.3 is 0 Å². The van der Waals surface area contributed by atoms with E-state index < -0.39 is 0 Å². The van der Waals surface area contributed by atoms with E-state index in [-0.39, 0.29) is 0 Å². The van der Waals surface area contributed by atoms with Crippen molar-refractivity contribution in [2.45, 2.75) is 0 Å². The second-order valence-corrected chi connectivity index (χ2v) is 4.86. The van der Waals surface area contributed by atoms with E-state index in [1.54, 1.807) is 0 Å². The molecule has 0 spiro atoms. The first-order valence-electron chi connectivity index (χ1n) is 7.35. The normalized spacial score (nSPS) is 14.9. The molecule has 112 valence electrons. The summed E-state index contributed by atoms with van der Waals surface area (Å²) in [5.74, 6) is 0. The molecule has 22 heavy (non-hydrogen) atoms. The van der Waals surface area contributed by atoms with Gasteiger partial charge in [0.15, 0.2) is 12.8 Å². The van der Waals surface area contributed by atoms with Crippen LogP contribution in [0.25, 0.3) is 22.3 Å². The van der Waals surface area contributed by atoms with Crippen LogP contribution in [0.5, 0.6) is 0 Å². The summed E-state index contributed by atoms with van der Waals surface area (Å²) in [7, 11) is 0. The van der Waals surface area contributed by atoms with Gasteiger partial charge in [-0.25, -0.2) is 0 Å². The van der Waals surface area contributed by atoms with Crippen molar-refractivity contribution >= 4 is 12.8 Å². The number of aliphatic imine (C=N–C) groups is 2. The van der Waals surface area contributed by atoms with Gasteiger partial charge in [-0.05, 0) is 22.3 Å². The molecule has 2 aliphatic heterocycles. The molecule has 0 bridgehead atoms. The number of rotatable bonds is 0. The van der Waals surface area contributed by atoms with Gasteiger partial charge in [-0.15, -0.1) is 0 Å². The first-order chi connectivity index (χ1) is 11.0. The Balaban J connectivity index is 0.000000119. The van der Waals surface area contributed by atoms with Crippen LogP contribution in [0.2, 0.25) is 0 Å². The molecule has 0 saturated heterocycles. The van der Waals surface area contributed by atoms with Gasteiger partial charge in [0.2, 0.25) is 0 Å². The van der Waals surface area contributed by atoms with Gasteiger partial charge in [-0.3, -0.25) is 9.98 Å². The quantitative estimate of drug-likeness (QED) is 0.637. The Labute approximate surface area is 130 Å². The van der Waals surface area contributed by atoms with Crippen LogP contribution in [0.3, 0.4) is 0 Å². The van der Waals surface area contributed by atoms with Crippen molar-refractivity contribution in [2.24, 2.45) is 9.98 Å². The number of nitrogens with zero attached hydrogens (tertiary/aromatic N) is 2. The van der Waals surface area contributed by atoms with Crippen LogP contribution in [-0.2, 0) is 9.47 Å². The van der Waals surface area contributed by atoms with E-state index in [9.17, 15) is 0 Å². The fourth-order valence-electron chi connectivity index (χ4n) is 2.37. The average molecular weight is 294 g/mol. The zero-order valence-corrected chi connectivity index (χ0v) is 12.3. The SMILES string of the molecule is C1=NCCO1.C1=NCCO1.c1ccc2c(c1)-c1ccccc1-2. The summed E-state index contributed by atoms with van der Waals surface area (Å²) in [5.41, 5.74) is 5.59. The number of fused-ring (bicyclic) bond motifs is 4. The highest BCUT2D eigenvalue weighted by atomic mass is 16.5. The highest BCUT2D eigenvalue weighted by Crippen LogP contribution is 2.46. The maximum Gasteiger partial charge on any atom is 0.169 e. The predicted molar refractivity (Wildman–Crippen MR) is 89.5 cm³/mol. The summed E-state index contributed by atoms with van der Waals surface area (Å²) in [6, 6.07) is 17.1. The first-order valence-corrected chi connectivity index (χ1v) is 7.35. The monoisotopic (exact) mass is 294 g/mol. The minimum absolute atomic E-state index is 0.778. The number of benzene rings is 2. The maximum absolute atomic E-state index is 4.65. The minimum Gasteiger partial charge on any atom is -0.482 e. The lowest BCUT2D eigenvalue weighted by Gasteiger charge is -2.22. The van der Waals surface area contributed by atoms with Gasteiger partial charge < -0.3 is 9.47 Å². The third-order valence-electron chi connectivity index (χ3n) is 3.41. The van der Waals surface area contributed by atoms with Crippen molar-refractivity contribution in [1.29, 1.82) is 0 Å². The van der Waals surface area contributed by atoms with Crippen LogP contribution in [0.4, 0.5) is 0 Å². The van der Waals surface area contributed by atoms with E-state index in [2.05, 4.69) is 68.0 Å². The highest BCUT2D eigenvalue weighted by molar-refractivity contribution is 6.02. The molecule has 1 aliphatic carbocycles. The molecule has 2 heterocycles. The van der Waals surface area contributed by atoms with Gasteiger partial charge in [0.25, 0.3) is 0 Å². The molecule has 0 aromatic heterocycles. The van der Waals surface area contributed by atoms with Crippen molar-refractivity contribution < 1.29 is 9.47 Å². The Kier molecular flexibility index (Phi) is 4.82. The Morgan fingerprint density at radius 2 is 0.955 bits per heavy atom. The van der Waals surface area contributed by atoms with Gasteiger partial charge in [0.05, 0.1) is 13.1 Å². The molecule has 5 rings (SSSR count). The van der Waals surface area contributed by atoms with Gasteiger partial charge in [-0.2, -0.15) is 0 Å². The largest absolute Gasteiger partial charge is 0.482 e. The van der Waals surface area contributed by atoms with Crippen molar-refractivity contribution in [3.05, 3.63) is 48.5 Å². The number of ether oxygens (including phenoxy) is 2. The van der Waals surface area contributed by atoms with E-state index in [0.717, 1.165) is 26.3 Å². The second kappa shape index (κ2) is 7.41. The molecule has 4 heteroatoms. The summed E-state index contributed by atoms with van der Waals surface area (Å²) in [4.78, 5) is 7.47. The van der Waals surface area contributed by atoms with Crippen LogP contribution in [-0.4, -0.2) is 39.1 Å². The standard InChI is InChI=1S/C12H8.2C3H5NO/c1-2-6-10-9(5-1)11-7-3-4-8-12(10)11;2*1-2-5-3-4-1/h1-8H;2*3H,1-2H2. The van der Waals surface area contributed by atoms with E-state index in [0.29, 0.717) is 0 Å². The maximum atomic E-state index is 4.65. The average Bonchev–Trinajstić information content (AvgIpc) is 3.30. The molecular weight excluding hydrogens is 276 g/mol. The molecule has 0 N–H and O–H groups in total. The van der Waals surface area contributed by atoms with Gasteiger partial charge in [0.1, 0.15) is 13.2 Å². The van der Waals surface area contributed by atoms with Gasteiger partial charge in [-0.1, -0.05) is 48.5 Å². The third-order valence-corrected chi connectivity index (χ3v) is 3.41. The van der Waals surface area contributed by atoms with E-state index in [4.69, 9.17) is 0 Å². The van der Waals surface area contributed by atoms with Crippen LogP contribution in [0.1, 0.15) is 0 Å². The van der Waals surface area contributed by atoms with E-state index >= 15 is 0 Å². The van der Waals surface area contributed by atoms with Crippen LogP contribution in [0.15, 0.2) is 58.5 Å². The first kappa shape index (κ1) is 14.3. The zero-order valence-electron chi connectivity index (χ0n) is 12.3. The number of hydrogen-bond acceptors (Lipinski definition) is 4. The molecule has 3 aliphatic rings. The summed E-state index contributed by atoms with van der Waals surface area (Å²) in [6.07, 6.45) is 2.97. The summed E-state index contributed by atoms with van der Waals surface area (Å²) >= 11 is 0. The highest BCUT2D eigenvalue weighted by Gasteiger charge is 2.19. The number of hydrogen-bond donors (Lipinski definition) is 0. The third kappa shape index (κ3) is 3.34. The van der Waals surface area contributed by atoms with Crippen LogP contribution < -0.4 is 0 Å². The summed E-state index contributed by atoms with van der Waals surface area (Å²) in [5, 5.41) is 0. The molecule has 0 saturated carbocycles. The molecule has 0 atom stereocenters. The molecular formula is C18H18N2O2. The van der Waals surface area contributed by atoms with Crippen molar-refractivity contribution in [1.82, 2.24) is 0 Å². The van der Waals surface area contributed by atoms with Crippen molar-refractivity contribution in [3.8, 4) is 22.3 Å². The van der Waals surface area contributed by atoms with Crippen molar-refractivity contribution in [2.75, 3.05) is 26.3 Å². The topological polar surface area (TPSA) is 43.2 Å². The Morgan fingerprint density at radius 1 is 0.591 bits per heavy atom. The lowest BCUT2D eigenvalue weighted by atomic mass is 9.81. The fourth-order valence-corrected chi connectivity index (χ4v) is 2.37. The predicted octanol–water partition coefficient (Wildman–Crippen LogP) is 3.42. The van der Waals surface area contributed by atoms with E-state index in [1.807, 2.05) is 0 Å². The molecule has 2 aromatic rings. The lowest BCUT2D eigenvalue weighted by molar-refractivity contribution is 0.361. The molecule has 0 fully saturated rings. The summed E-state index contributed by atoms with van der Waals surface area (Å²) < 4.78 is 9.31. The van der Waals surface area contributed by atoms with Gasteiger partial charge in [0, 0.05) is 0 Å². The fraction of sp³-hybridized carbons (Fsp3) is 0.222. The Morgan fingerprint density at radius 3 is 1.14 bits per heavy atom. The molecule has 0 unspecified atom stereocenters. The Bertz CT molecular complexity index is 552. The van der Waals surface area contributed by atoms with Crippen LogP contribution in [0, 0.1) is 0 Å². The van der Waals surface area contributed by atoms with E-state index in [1.165, 1.54) is 35.1 Å². The zero-order chi connectivity index (χ0) is 15.0. The molecule has 4 nitrogen and oxygen atoms in total.